The van der Waals surface area contributed by atoms with Crippen LogP contribution in [-0.2, 0) is 12.7 Å². The number of rotatable bonds is 7. The highest BCUT2D eigenvalue weighted by atomic mass is 35.5. The maximum atomic E-state index is 13.3. The molecule has 5 N–H and O–H groups in total. The second-order valence-electron chi connectivity index (χ2n) is 6.63. The van der Waals surface area contributed by atoms with Crippen LogP contribution in [0.3, 0.4) is 0 Å². The number of carboxylic acids is 2. The summed E-state index contributed by atoms with van der Waals surface area (Å²) in [5, 5.41) is 21.5. The average Bonchev–Trinajstić information content (AvgIpc) is 2.74. The molecule has 0 radical (unpaired) electrons. The third kappa shape index (κ3) is 5.93. The molecule has 0 spiro atoms. The number of aromatic carboxylic acids is 2. The molecule has 0 bridgehead atoms. The summed E-state index contributed by atoms with van der Waals surface area (Å²) in [7, 11) is 0. The Labute approximate surface area is 192 Å². The van der Waals surface area contributed by atoms with E-state index in [4.69, 9.17) is 10.5 Å². The highest BCUT2D eigenvalue weighted by molar-refractivity contribution is 5.96. The van der Waals surface area contributed by atoms with Crippen molar-refractivity contribution < 1.29 is 37.7 Å². The molecular weight excluding hydrogens is 465 g/mol. The van der Waals surface area contributed by atoms with Gasteiger partial charge in [0.1, 0.15) is 11.3 Å². The Morgan fingerprint density at radius 3 is 2.15 bits per heavy atom. The molecule has 0 aromatic heterocycles. The molecule has 174 valence electrons. The van der Waals surface area contributed by atoms with Gasteiger partial charge in [-0.1, -0.05) is 18.2 Å². The van der Waals surface area contributed by atoms with E-state index in [0.717, 1.165) is 18.2 Å². The zero-order valence-corrected chi connectivity index (χ0v) is 17.5. The summed E-state index contributed by atoms with van der Waals surface area (Å²) >= 11 is 0. The van der Waals surface area contributed by atoms with E-state index in [0.29, 0.717) is 5.56 Å². The van der Waals surface area contributed by atoms with Gasteiger partial charge >= 0.3 is 18.1 Å². The lowest BCUT2D eigenvalue weighted by molar-refractivity contribution is -0.137. The first-order valence-corrected chi connectivity index (χ1v) is 9.15. The molecule has 0 aliphatic heterocycles. The van der Waals surface area contributed by atoms with Crippen molar-refractivity contribution in [1.29, 1.82) is 0 Å². The maximum absolute atomic E-state index is 13.3. The van der Waals surface area contributed by atoms with Crippen LogP contribution in [0.15, 0.2) is 60.7 Å². The van der Waals surface area contributed by atoms with E-state index in [1.165, 1.54) is 42.5 Å². The van der Waals surface area contributed by atoms with Gasteiger partial charge in [0.2, 0.25) is 0 Å². The molecule has 0 saturated carbocycles. The number of benzene rings is 3. The van der Waals surface area contributed by atoms with Crippen molar-refractivity contribution in [3.05, 3.63) is 82.9 Å². The van der Waals surface area contributed by atoms with Crippen molar-refractivity contribution in [3.63, 3.8) is 0 Å². The zero-order chi connectivity index (χ0) is 23.5. The molecule has 0 aliphatic carbocycles. The number of para-hydroxylation sites is 1. The fourth-order valence-electron chi connectivity index (χ4n) is 2.89. The van der Waals surface area contributed by atoms with Crippen molar-refractivity contribution in [1.82, 2.24) is 0 Å². The van der Waals surface area contributed by atoms with E-state index in [1.54, 1.807) is 0 Å². The van der Waals surface area contributed by atoms with Gasteiger partial charge in [-0.3, -0.25) is 0 Å². The van der Waals surface area contributed by atoms with Gasteiger partial charge in [-0.15, -0.1) is 12.4 Å². The Morgan fingerprint density at radius 2 is 1.55 bits per heavy atom. The Hall–Kier alpha value is -3.76. The van der Waals surface area contributed by atoms with E-state index in [1.807, 2.05) is 0 Å². The maximum Gasteiger partial charge on any atom is 0.416 e. The number of nitrogens with two attached hydrogens (primary N) is 1. The fourth-order valence-corrected chi connectivity index (χ4v) is 2.89. The molecule has 3 aromatic rings. The van der Waals surface area contributed by atoms with Crippen LogP contribution in [0, 0.1) is 0 Å². The van der Waals surface area contributed by atoms with Crippen LogP contribution in [0.25, 0.3) is 0 Å². The largest absolute Gasteiger partial charge is 0.478 e. The number of anilines is 2. The van der Waals surface area contributed by atoms with Crippen molar-refractivity contribution in [2.75, 3.05) is 5.32 Å². The van der Waals surface area contributed by atoms with Crippen LogP contribution in [0.2, 0.25) is 0 Å². The summed E-state index contributed by atoms with van der Waals surface area (Å²) in [6.45, 7) is 0.0739. The van der Waals surface area contributed by atoms with Gasteiger partial charge in [-0.2, -0.15) is 13.2 Å². The quantitative estimate of drug-likeness (QED) is 0.350. The lowest BCUT2D eigenvalue weighted by Crippen LogP contribution is -2.09. The van der Waals surface area contributed by atoms with E-state index >= 15 is 0 Å². The lowest BCUT2D eigenvalue weighted by atomic mass is 10.1. The molecular formula is C22H18ClF3N2O5. The fraction of sp³-hybridized carbons (Fsp3) is 0.0909. The normalized spacial score (nSPS) is 10.8. The molecule has 0 fully saturated rings. The number of halogens is 4. The second kappa shape index (κ2) is 10.2. The number of nitrogens with one attached hydrogen (secondary N) is 1. The highest BCUT2D eigenvalue weighted by Crippen LogP contribution is 2.39. The molecule has 3 aromatic carbocycles. The Morgan fingerprint density at radius 1 is 0.879 bits per heavy atom. The van der Waals surface area contributed by atoms with Gasteiger partial charge in [0, 0.05) is 6.54 Å². The molecule has 7 nitrogen and oxygen atoms in total. The van der Waals surface area contributed by atoms with Crippen molar-refractivity contribution in [2.45, 2.75) is 12.7 Å². The van der Waals surface area contributed by atoms with Crippen molar-refractivity contribution in [3.8, 4) is 11.5 Å². The van der Waals surface area contributed by atoms with Gasteiger partial charge in [-0.25, -0.2) is 9.59 Å². The van der Waals surface area contributed by atoms with Gasteiger partial charge in [-0.05, 0) is 48.0 Å². The first kappa shape index (κ1) is 25.5. The van der Waals surface area contributed by atoms with Crippen molar-refractivity contribution >= 4 is 35.7 Å². The van der Waals surface area contributed by atoms with Crippen LogP contribution >= 0.6 is 12.4 Å². The van der Waals surface area contributed by atoms with Crippen molar-refractivity contribution in [2.24, 2.45) is 5.73 Å². The van der Waals surface area contributed by atoms with Crippen LogP contribution in [0.1, 0.15) is 31.8 Å². The SMILES string of the molecule is Cl.NCc1ccc(Nc2cc(C(F)(F)F)ccc2Oc2ccccc2C(=O)O)c(C(=O)O)c1. The third-order valence-corrected chi connectivity index (χ3v) is 4.46. The second-order valence-corrected chi connectivity index (χ2v) is 6.63. The van der Waals surface area contributed by atoms with E-state index in [-0.39, 0.29) is 53.0 Å². The van der Waals surface area contributed by atoms with Crippen LogP contribution < -0.4 is 15.8 Å². The summed E-state index contributed by atoms with van der Waals surface area (Å²) in [6, 6.07) is 12.4. The van der Waals surface area contributed by atoms with Crippen LogP contribution in [-0.4, -0.2) is 22.2 Å². The summed E-state index contributed by atoms with van der Waals surface area (Å²) in [5.41, 5.74) is 4.44. The highest BCUT2D eigenvalue weighted by Gasteiger charge is 2.31. The first-order valence-electron chi connectivity index (χ1n) is 9.15. The summed E-state index contributed by atoms with van der Waals surface area (Å²) in [5.74, 6) is -2.83. The first-order chi connectivity index (χ1) is 15.1. The van der Waals surface area contributed by atoms with Gasteiger partial charge in [0.05, 0.1) is 22.5 Å². The summed E-state index contributed by atoms with van der Waals surface area (Å²) < 4.78 is 45.5. The number of hydrogen-bond donors (Lipinski definition) is 4. The van der Waals surface area contributed by atoms with E-state index < -0.39 is 23.7 Å². The number of hydrogen-bond acceptors (Lipinski definition) is 5. The zero-order valence-electron chi connectivity index (χ0n) is 16.7. The molecule has 0 heterocycles. The molecule has 3 rings (SSSR count). The summed E-state index contributed by atoms with van der Waals surface area (Å²) in [6.07, 6.45) is -4.67. The van der Waals surface area contributed by atoms with Gasteiger partial charge < -0.3 is 26.0 Å². The monoisotopic (exact) mass is 482 g/mol. The topological polar surface area (TPSA) is 122 Å². The Balaban J connectivity index is 0.00000385. The third-order valence-electron chi connectivity index (χ3n) is 4.46. The number of ether oxygens (including phenoxy) is 1. The van der Waals surface area contributed by atoms with Gasteiger partial charge in [0.15, 0.2) is 5.75 Å². The molecule has 0 amide bonds. The Bertz CT molecular complexity index is 1180. The smallest absolute Gasteiger partial charge is 0.416 e. The minimum atomic E-state index is -4.67. The summed E-state index contributed by atoms with van der Waals surface area (Å²) in [4.78, 5) is 23.1. The number of carboxylic acid groups (broad SMARTS) is 2. The molecule has 0 aliphatic rings. The predicted molar refractivity (Wildman–Crippen MR) is 117 cm³/mol. The molecule has 0 saturated heterocycles. The number of carbonyl (C=O) groups is 2. The Kier molecular flexibility index (Phi) is 7.91. The standard InChI is InChI=1S/C22H17F3N2O5.ClH/c23-22(24,25)13-6-8-19(32-18-4-2-1-3-14(18)20(28)29)17(10-13)27-16-7-5-12(11-26)9-15(16)21(30)31;/h1-10,27H,11,26H2,(H,28,29)(H,30,31);1H. The van der Waals surface area contributed by atoms with E-state index in [9.17, 15) is 33.0 Å². The molecule has 33 heavy (non-hydrogen) atoms. The van der Waals surface area contributed by atoms with Crippen LogP contribution in [0.5, 0.6) is 11.5 Å². The lowest BCUT2D eigenvalue weighted by Gasteiger charge is -2.18. The van der Waals surface area contributed by atoms with Gasteiger partial charge in [0.25, 0.3) is 0 Å². The molecule has 11 heteroatoms. The van der Waals surface area contributed by atoms with Crippen LogP contribution in [0.4, 0.5) is 24.5 Å². The van der Waals surface area contributed by atoms with E-state index in [2.05, 4.69) is 5.32 Å². The molecule has 0 atom stereocenters. The average molecular weight is 483 g/mol. The minimum Gasteiger partial charge on any atom is -0.478 e. The predicted octanol–water partition coefficient (Wildman–Crippen LogP) is 5.52. The molecule has 0 unspecified atom stereocenters. The number of alkyl halides is 3. The minimum absolute atomic E-state index is 0.